The van der Waals surface area contributed by atoms with Crippen LogP contribution in [0, 0.1) is 0 Å². The van der Waals surface area contributed by atoms with Gasteiger partial charge in [-0.05, 0) is 18.9 Å². The van der Waals surface area contributed by atoms with Gasteiger partial charge in [0.15, 0.2) is 0 Å². The molecule has 0 saturated heterocycles. The number of aromatic nitrogens is 2. The number of nitrogens with zero attached hydrogens (tertiary/aromatic N) is 2. The molecular weight excluding hydrogens is 266 g/mol. The first-order chi connectivity index (χ1) is 6.77. The smallest absolute Gasteiger partial charge is 0.442 e. The molecule has 0 saturated carbocycles. The average Bonchev–Trinajstić information content (AvgIpc) is 2.67. The Morgan fingerprint density at radius 3 is 2.67 bits per heavy atom. The van der Waals surface area contributed by atoms with Crippen molar-refractivity contribution in [2.45, 2.75) is 0 Å². The van der Waals surface area contributed by atoms with Crippen LogP contribution in [0.2, 0.25) is 0 Å². The maximum Gasteiger partial charge on any atom is 0.488 e. The molecule has 0 radical (unpaired) electrons. The molecule has 0 aliphatic rings. The molecule has 76 valence electrons. The van der Waals surface area contributed by atoms with Crippen LogP contribution in [0.4, 0.5) is 0 Å². The molecule has 2 heterocycles. The average molecular weight is 273 g/mol. The molecule has 0 bridgehead atoms. The van der Waals surface area contributed by atoms with E-state index in [2.05, 4.69) is 29.8 Å². The molecule has 0 amide bonds. The Balaban J connectivity index is 0.000000617. The molecule has 2 aromatic rings. The fourth-order valence-corrected chi connectivity index (χ4v) is 1.05. The van der Waals surface area contributed by atoms with E-state index >= 15 is 0 Å². The third-order valence-electron chi connectivity index (χ3n) is 1.67. The van der Waals surface area contributed by atoms with Crippen molar-refractivity contribution >= 4 is 43.4 Å². The van der Waals surface area contributed by atoms with Gasteiger partial charge in [0, 0.05) is 21.7 Å². The molecule has 4 nitrogen and oxygen atoms in total. The number of hydrogen-bond acceptors (Lipinski definition) is 4. The molecule has 15 heavy (non-hydrogen) atoms. The third kappa shape index (κ3) is 3.76. The van der Waals surface area contributed by atoms with Gasteiger partial charge in [0.1, 0.15) is 0 Å². The Bertz CT molecular complexity index is 428. The number of pyridine rings is 1. The molecule has 2 N–H and O–H groups in total. The molecule has 0 spiro atoms. The summed E-state index contributed by atoms with van der Waals surface area (Å²) in [7, 11) is 1.09. The van der Waals surface area contributed by atoms with Gasteiger partial charge in [0.05, 0.1) is 0 Å². The number of rotatable bonds is 1. The van der Waals surface area contributed by atoms with Crippen molar-refractivity contribution in [2.24, 2.45) is 0 Å². The van der Waals surface area contributed by atoms with Gasteiger partial charge in [-0.3, -0.25) is 0 Å². The molecule has 0 atom stereocenters. The molecule has 2 aromatic heterocycles. The van der Waals surface area contributed by atoms with Crippen molar-refractivity contribution in [3.05, 3.63) is 24.5 Å². The van der Waals surface area contributed by atoms with E-state index in [9.17, 15) is 0 Å². The van der Waals surface area contributed by atoms with Crippen LogP contribution >= 0.6 is 8.02 Å². The van der Waals surface area contributed by atoms with E-state index < -0.39 is 7.12 Å². The van der Waals surface area contributed by atoms with Gasteiger partial charge in [-0.2, -0.15) is 0 Å². The van der Waals surface area contributed by atoms with Crippen molar-refractivity contribution in [2.75, 3.05) is 0 Å². The van der Waals surface area contributed by atoms with E-state index in [1.165, 1.54) is 6.20 Å². The van der Waals surface area contributed by atoms with Crippen LogP contribution < -0.4 is 10.4 Å². The van der Waals surface area contributed by atoms with Gasteiger partial charge in [-0.1, -0.05) is 42.0 Å². The summed E-state index contributed by atoms with van der Waals surface area (Å²) in [4.78, 5) is 7.88. The first-order valence-corrected chi connectivity index (χ1v) is 5.34. The Morgan fingerprint density at radius 2 is 2.07 bits per heavy atom. The standard InChI is InChI=1S/C7H6BN2O2.HPS.Ti/c11-8(12)6-3-5-1-2-9-7(5)10-4-6;1-2;/h1-4,11-12H;1H;/q-1;;. The number of fused-ring (bicyclic) bond motifs is 1. The fourth-order valence-electron chi connectivity index (χ4n) is 1.05. The van der Waals surface area contributed by atoms with E-state index in [4.69, 9.17) is 10.0 Å². The first-order valence-electron chi connectivity index (χ1n) is 3.71. The van der Waals surface area contributed by atoms with Crippen LogP contribution in [0.5, 0.6) is 0 Å². The van der Waals surface area contributed by atoms with E-state index in [1.807, 2.05) is 0 Å². The minimum Gasteiger partial charge on any atom is -0.442 e. The van der Waals surface area contributed by atoms with Crippen molar-refractivity contribution in [1.82, 2.24) is 9.97 Å². The van der Waals surface area contributed by atoms with Gasteiger partial charge in [-0.25, -0.2) is 0 Å². The maximum absolute atomic E-state index is 8.82. The second-order valence-corrected chi connectivity index (χ2v) is 2.50. The summed E-state index contributed by atoms with van der Waals surface area (Å²) in [6.07, 6.45) is 3.03. The monoisotopic (exact) mass is 273 g/mol. The topological polar surface area (TPSA) is 67.5 Å². The van der Waals surface area contributed by atoms with E-state index in [0.717, 1.165) is 5.39 Å². The minimum absolute atomic E-state index is 0. The normalized spacial score (nSPS) is 8.67. The largest absolute Gasteiger partial charge is 0.488 e. The summed E-state index contributed by atoms with van der Waals surface area (Å²) >= 11 is 3.89. The second-order valence-electron chi connectivity index (χ2n) is 2.50. The van der Waals surface area contributed by atoms with E-state index in [-0.39, 0.29) is 21.7 Å². The molecule has 2 rings (SSSR count). The third-order valence-corrected chi connectivity index (χ3v) is 1.67. The van der Waals surface area contributed by atoms with Crippen LogP contribution in [0.1, 0.15) is 0 Å². The van der Waals surface area contributed by atoms with Crippen LogP contribution in [0.3, 0.4) is 0 Å². The predicted molar refractivity (Wildman–Crippen MR) is 60.6 cm³/mol. The van der Waals surface area contributed by atoms with Gasteiger partial charge in [-0.15, -0.1) is 0 Å². The van der Waals surface area contributed by atoms with Gasteiger partial charge in [0.25, 0.3) is 0 Å². The second kappa shape index (κ2) is 7.23. The van der Waals surface area contributed by atoms with Crippen LogP contribution in [-0.4, -0.2) is 22.2 Å². The Kier molecular flexibility index (Phi) is 7.18. The number of hydrogen-bond donors (Lipinski definition) is 2. The molecule has 8 heteroatoms. The zero-order valence-electron chi connectivity index (χ0n) is 7.58. The Hall–Kier alpha value is -0.0908. The van der Waals surface area contributed by atoms with Crippen molar-refractivity contribution in [3.8, 4) is 0 Å². The molecular formula is C7H7BN2O2PSTi-. The Labute approximate surface area is 109 Å². The maximum atomic E-state index is 8.82. The molecule has 0 fully saturated rings. The van der Waals surface area contributed by atoms with Crippen molar-refractivity contribution in [3.63, 3.8) is 0 Å². The summed E-state index contributed by atoms with van der Waals surface area (Å²) in [6, 6.07) is 3.42. The van der Waals surface area contributed by atoms with Crippen LogP contribution in [-0.2, 0) is 33.5 Å². The fraction of sp³-hybridized carbons (Fsp3) is 0. The molecule has 0 aromatic carbocycles. The molecule has 0 aliphatic carbocycles. The zero-order chi connectivity index (χ0) is 10.6. The summed E-state index contributed by atoms with van der Waals surface area (Å²) in [5.41, 5.74) is 1.01. The van der Waals surface area contributed by atoms with Crippen LogP contribution in [0.25, 0.3) is 11.0 Å². The molecule has 0 aliphatic heterocycles. The summed E-state index contributed by atoms with van der Waals surface area (Å²) in [5.74, 6) is 0. The predicted octanol–water partition coefficient (Wildman–Crippen LogP) is -0.540. The van der Waals surface area contributed by atoms with Crippen LogP contribution in [0.15, 0.2) is 24.5 Å². The summed E-state index contributed by atoms with van der Waals surface area (Å²) in [6.45, 7) is 0. The van der Waals surface area contributed by atoms with Gasteiger partial charge in [0.2, 0.25) is 0 Å². The van der Waals surface area contributed by atoms with E-state index in [0.29, 0.717) is 11.1 Å². The minimum atomic E-state index is -1.46. The molecule has 0 unspecified atom stereocenters. The van der Waals surface area contributed by atoms with Gasteiger partial charge >= 0.3 is 7.12 Å². The zero-order valence-corrected chi connectivity index (χ0v) is 11.0. The van der Waals surface area contributed by atoms with Gasteiger partial charge < -0.3 is 20.0 Å². The van der Waals surface area contributed by atoms with Crippen molar-refractivity contribution in [1.29, 1.82) is 0 Å². The Morgan fingerprint density at radius 1 is 1.40 bits per heavy atom. The first kappa shape index (κ1) is 14.9. The SMILES string of the molecule is OB(O)c1cnc2[n-]ccc2c1.P=S.[Ti]. The summed E-state index contributed by atoms with van der Waals surface area (Å²) < 4.78 is 0. The van der Waals surface area contributed by atoms with E-state index in [1.54, 1.807) is 18.3 Å². The summed E-state index contributed by atoms with van der Waals surface area (Å²) in [5, 5.41) is 18.5. The van der Waals surface area contributed by atoms with Crippen molar-refractivity contribution < 1.29 is 31.8 Å². The quantitative estimate of drug-likeness (QED) is 0.539.